The number of hydrazone groups is 1. The molecule has 1 fully saturated rings. The lowest BCUT2D eigenvalue weighted by Crippen LogP contribution is -2.41. The Balaban J connectivity index is 1.49. The van der Waals surface area contributed by atoms with Gasteiger partial charge in [0, 0.05) is 43.2 Å². The number of hydrogen-bond donors (Lipinski definition) is 1. The van der Waals surface area contributed by atoms with Gasteiger partial charge >= 0.3 is 0 Å². The summed E-state index contributed by atoms with van der Waals surface area (Å²) in [5, 5.41) is 4.68. The van der Waals surface area contributed by atoms with Crippen molar-refractivity contribution < 1.29 is 4.74 Å². The van der Waals surface area contributed by atoms with Crippen molar-refractivity contribution in [2.24, 2.45) is 16.9 Å². The number of rotatable bonds is 6. The lowest BCUT2D eigenvalue weighted by atomic mass is 9.86. The Morgan fingerprint density at radius 1 is 1.11 bits per heavy atom. The molecule has 0 aromatic heterocycles. The Kier molecular flexibility index (Phi) is 5.44. The van der Waals surface area contributed by atoms with Gasteiger partial charge in [-0.15, -0.1) is 0 Å². The third kappa shape index (κ3) is 4.16. The summed E-state index contributed by atoms with van der Waals surface area (Å²) in [4.78, 5) is 2.55. The van der Waals surface area contributed by atoms with Crippen LogP contribution in [0.1, 0.15) is 37.4 Å². The molecule has 27 heavy (non-hydrogen) atoms. The molecule has 4 rings (SSSR count). The average molecular weight is 364 g/mol. The van der Waals surface area contributed by atoms with E-state index >= 15 is 0 Å². The first kappa shape index (κ1) is 18.1. The molecule has 2 aliphatic heterocycles. The summed E-state index contributed by atoms with van der Waals surface area (Å²) < 4.78 is 6.11. The lowest BCUT2D eigenvalue weighted by Gasteiger charge is -2.34. The molecule has 0 amide bonds. The number of nitrogens with zero attached hydrogens (tertiary/aromatic N) is 2. The van der Waals surface area contributed by atoms with Gasteiger partial charge in [-0.25, -0.2) is 0 Å². The quantitative estimate of drug-likeness (QED) is 0.834. The highest BCUT2D eigenvalue weighted by molar-refractivity contribution is 5.90. The van der Waals surface area contributed by atoms with E-state index in [2.05, 4.69) is 83.9 Å². The molecule has 142 valence electrons. The van der Waals surface area contributed by atoms with Crippen LogP contribution < -0.4 is 10.2 Å². The van der Waals surface area contributed by atoms with E-state index in [0.717, 1.165) is 38.4 Å². The van der Waals surface area contributed by atoms with Crippen molar-refractivity contribution in [3.63, 3.8) is 0 Å². The fraction of sp³-hybridized carbons (Fsp3) is 0.435. The maximum Gasteiger partial charge on any atom is 0.124 e. The zero-order valence-electron chi connectivity index (χ0n) is 16.3. The Morgan fingerprint density at radius 3 is 2.70 bits per heavy atom. The van der Waals surface area contributed by atoms with E-state index in [9.17, 15) is 0 Å². The summed E-state index contributed by atoms with van der Waals surface area (Å²) in [6.07, 6.45) is 1.04. The van der Waals surface area contributed by atoms with Crippen LogP contribution in [-0.4, -0.2) is 30.3 Å². The smallest absolute Gasteiger partial charge is 0.124 e. The van der Waals surface area contributed by atoms with Gasteiger partial charge in [0.1, 0.15) is 5.75 Å². The first-order valence-electron chi connectivity index (χ1n) is 10.0. The molecule has 2 aliphatic rings. The second kappa shape index (κ2) is 8.13. The molecule has 0 aliphatic carbocycles. The van der Waals surface area contributed by atoms with Gasteiger partial charge in [-0.05, 0) is 17.5 Å². The summed E-state index contributed by atoms with van der Waals surface area (Å²) in [6.45, 7) is 8.21. The van der Waals surface area contributed by atoms with Crippen LogP contribution >= 0.6 is 0 Å². The molecule has 2 atom stereocenters. The largest absolute Gasteiger partial charge is 0.493 e. The summed E-state index contributed by atoms with van der Waals surface area (Å²) in [5.41, 5.74) is 7.32. The van der Waals surface area contributed by atoms with Crippen molar-refractivity contribution in [1.82, 2.24) is 10.3 Å². The SMILES string of the molecule is CC(C)COc1ccccc1C1NN=C2CCN(Cc3ccccc3)CC21. The number of ether oxygens (including phenoxy) is 1. The minimum absolute atomic E-state index is 0.196. The molecule has 2 heterocycles. The van der Waals surface area contributed by atoms with Crippen LogP contribution in [0.5, 0.6) is 5.75 Å². The van der Waals surface area contributed by atoms with Crippen molar-refractivity contribution in [2.45, 2.75) is 32.9 Å². The molecule has 0 bridgehead atoms. The zero-order valence-corrected chi connectivity index (χ0v) is 16.3. The molecule has 1 N–H and O–H groups in total. The number of likely N-dealkylation sites (tertiary alicyclic amines) is 1. The molecule has 0 saturated carbocycles. The third-order valence-electron chi connectivity index (χ3n) is 5.39. The summed E-state index contributed by atoms with van der Waals surface area (Å²) in [6, 6.07) is 19.4. The molecule has 4 heteroatoms. The molecule has 2 aromatic rings. The van der Waals surface area contributed by atoms with Gasteiger partial charge in [0.15, 0.2) is 0 Å². The maximum absolute atomic E-state index is 6.11. The predicted octanol–water partition coefficient (Wildman–Crippen LogP) is 4.24. The number of benzene rings is 2. The van der Waals surface area contributed by atoms with E-state index in [4.69, 9.17) is 4.74 Å². The number of piperidine rings is 1. The number of para-hydroxylation sites is 1. The molecular formula is C23H29N3O. The Hall–Kier alpha value is -2.33. The minimum atomic E-state index is 0.196. The first-order valence-corrected chi connectivity index (χ1v) is 10.0. The van der Waals surface area contributed by atoms with Crippen LogP contribution in [0.2, 0.25) is 0 Å². The van der Waals surface area contributed by atoms with Gasteiger partial charge in [0.2, 0.25) is 0 Å². The van der Waals surface area contributed by atoms with Gasteiger partial charge in [-0.1, -0.05) is 62.4 Å². The second-order valence-corrected chi connectivity index (χ2v) is 8.03. The number of fused-ring (bicyclic) bond motifs is 1. The van der Waals surface area contributed by atoms with Crippen LogP contribution in [0, 0.1) is 11.8 Å². The van der Waals surface area contributed by atoms with E-state index in [-0.39, 0.29) is 6.04 Å². The first-order chi connectivity index (χ1) is 13.2. The van der Waals surface area contributed by atoms with E-state index in [1.165, 1.54) is 16.8 Å². The maximum atomic E-state index is 6.11. The van der Waals surface area contributed by atoms with Crippen LogP contribution in [0.25, 0.3) is 0 Å². The highest BCUT2D eigenvalue weighted by atomic mass is 16.5. The van der Waals surface area contributed by atoms with Crippen LogP contribution in [0.4, 0.5) is 0 Å². The second-order valence-electron chi connectivity index (χ2n) is 8.03. The molecule has 2 unspecified atom stereocenters. The predicted molar refractivity (Wildman–Crippen MR) is 110 cm³/mol. The van der Waals surface area contributed by atoms with Crippen molar-refractivity contribution >= 4 is 5.71 Å². The van der Waals surface area contributed by atoms with Gasteiger partial charge in [-0.3, -0.25) is 4.90 Å². The average Bonchev–Trinajstić information content (AvgIpc) is 3.10. The van der Waals surface area contributed by atoms with Crippen molar-refractivity contribution in [2.75, 3.05) is 19.7 Å². The van der Waals surface area contributed by atoms with Crippen LogP contribution in [0.15, 0.2) is 59.7 Å². The molecular weight excluding hydrogens is 334 g/mol. The van der Waals surface area contributed by atoms with E-state index in [1.807, 2.05) is 0 Å². The standard InChI is InChI=1S/C23H29N3O/c1-17(2)16-27-22-11-7-6-10-19(22)23-20-15-26(13-12-21(20)24-25-23)14-18-8-4-3-5-9-18/h3-11,17,20,23,25H,12-16H2,1-2H3. The van der Waals surface area contributed by atoms with Gasteiger partial charge in [0.25, 0.3) is 0 Å². The van der Waals surface area contributed by atoms with Gasteiger partial charge in [-0.2, -0.15) is 5.10 Å². The Morgan fingerprint density at radius 2 is 1.89 bits per heavy atom. The van der Waals surface area contributed by atoms with Gasteiger partial charge < -0.3 is 10.2 Å². The zero-order chi connectivity index (χ0) is 18.6. The molecule has 2 aromatic carbocycles. The molecule has 0 radical (unpaired) electrons. The Bertz CT molecular complexity index is 787. The normalized spacial score (nSPS) is 22.3. The van der Waals surface area contributed by atoms with E-state index in [1.54, 1.807) is 0 Å². The van der Waals surface area contributed by atoms with E-state index < -0.39 is 0 Å². The highest BCUT2D eigenvalue weighted by Crippen LogP contribution is 2.37. The lowest BCUT2D eigenvalue weighted by molar-refractivity contribution is 0.216. The molecule has 0 spiro atoms. The van der Waals surface area contributed by atoms with Crippen molar-refractivity contribution in [3.05, 3.63) is 65.7 Å². The highest BCUT2D eigenvalue weighted by Gasteiger charge is 2.38. The summed E-state index contributed by atoms with van der Waals surface area (Å²) in [7, 11) is 0. The third-order valence-corrected chi connectivity index (χ3v) is 5.39. The fourth-order valence-electron chi connectivity index (χ4n) is 4.01. The topological polar surface area (TPSA) is 36.9 Å². The van der Waals surface area contributed by atoms with Crippen molar-refractivity contribution in [1.29, 1.82) is 0 Å². The monoisotopic (exact) mass is 363 g/mol. The summed E-state index contributed by atoms with van der Waals surface area (Å²) >= 11 is 0. The minimum Gasteiger partial charge on any atom is -0.493 e. The number of nitrogens with one attached hydrogen (secondary N) is 1. The number of hydrogen-bond acceptors (Lipinski definition) is 4. The van der Waals surface area contributed by atoms with Crippen LogP contribution in [-0.2, 0) is 6.54 Å². The summed E-state index contributed by atoms with van der Waals surface area (Å²) in [5.74, 6) is 1.91. The van der Waals surface area contributed by atoms with Crippen molar-refractivity contribution in [3.8, 4) is 5.75 Å². The fourth-order valence-corrected chi connectivity index (χ4v) is 4.01. The molecule has 4 nitrogen and oxygen atoms in total. The van der Waals surface area contributed by atoms with Crippen LogP contribution in [0.3, 0.4) is 0 Å². The molecule has 1 saturated heterocycles. The Labute approximate surface area is 162 Å². The van der Waals surface area contributed by atoms with E-state index in [0.29, 0.717) is 11.8 Å². The van der Waals surface area contributed by atoms with Gasteiger partial charge in [0.05, 0.1) is 12.6 Å².